The number of benzene rings is 1. The smallest absolute Gasteiger partial charge is 0.332 e. The van der Waals surface area contributed by atoms with Crippen molar-refractivity contribution in [1.29, 1.82) is 0 Å². The zero-order valence-electron chi connectivity index (χ0n) is 10.1. The van der Waals surface area contributed by atoms with Gasteiger partial charge in [0, 0.05) is 11.5 Å². The average molecular weight is 246 g/mol. The molecule has 0 radical (unpaired) electrons. The summed E-state index contributed by atoms with van der Waals surface area (Å²) in [4.78, 5) is 11.3. The molecular formula is C15H15FO2. The standard InChI is InChI=1S/C15H15FO2/c1-2-15(16)9-8-12(13(10-15)14(17)18)11-6-4-3-5-7-11/h3-10,12H,2H2,1H3,(H,17,18). The number of carboxylic acids is 1. The molecule has 0 amide bonds. The van der Waals surface area contributed by atoms with Crippen molar-refractivity contribution in [2.45, 2.75) is 24.9 Å². The van der Waals surface area contributed by atoms with Gasteiger partial charge in [0.15, 0.2) is 0 Å². The van der Waals surface area contributed by atoms with Gasteiger partial charge < -0.3 is 5.11 Å². The lowest BCUT2D eigenvalue weighted by Gasteiger charge is -2.25. The maximum absolute atomic E-state index is 14.2. The van der Waals surface area contributed by atoms with Gasteiger partial charge in [-0.25, -0.2) is 9.18 Å². The summed E-state index contributed by atoms with van der Waals surface area (Å²) in [6.45, 7) is 1.70. The summed E-state index contributed by atoms with van der Waals surface area (Å²) in [5, 5.41) is 9.23. The third-order valence-corrected chi connectivity index (χ3v) is 3.24. The van der Waals surface area contributed by atoms with Crippen molar-refractivity contribution < 1.29 is 14.3 Å². The summed E-state index contributed by atoms with van der Waals surface area (Å²) in [5.74, 6) is -1.44. The van der Waals surface area contributed by atoms with E-state index in [0.717, 1.165) is 5.56 Å². The normalized spacial score (nSPS) is 26.8. The highest BCUT2D eigenvalue weighted by atomic mass is 19.1. The molecule has 1 aromatic carbocycles. The number of halogens is 1. The third-order valence-electron chi connectivity index (χ3n) is 3.24. The van der Waals surface area contributed by atoms with Crippen LogP contribution >= 0.6 is 0 Å². The van der Waals surface area contributed by atoms with E-state index in [1.54, 1.807) is 13.0 Å². The number of aliphatic carboxylic acids is 1. The first-order chi connectivity index (χ1) is 8.56. The van der Waals surface area contributed by atoms with Crippen molar-refractivity contribution >= 4 is 5.97 Å². The van der Waals surface area contributed by atoms with Gasteiger partial charge in [0.2, 0.25) is 0 Å². The molecule has 0 aliphatic heterocycles. The van der Waals surface area contributed by atoms with Crippen LogP contribution in [0.5, 0.6) is 0 Å². The Morgan fingerprint density at radius 1 is 1.39 bits per heavy atom. The highest BCUT2D eigenvalue weighted by Gasteiger charge is 2.32. The molecule has 1 N–H and O–H groups in total. The van der Waals surface area contributed by atoms with Crippen LogP contribution in [0.2, 0.25) is 0 Å². The maximum atomic E-state index is 14.2. The van der Waals surface area contributed by atoms with E-state index in [4.69, 9.17) is 0 Å². The average Bonchev–Trinajstić information content (AvgIpc) is 2.39. The molecular weight excluding hydrogens is 231 g/mol. The van der Waals surface area contributed by atoms with Crippen molar-refractivity contribution in [3.05, 3.63) is 59.7 Å². The molecule has 94 valence electrons. The fraction of sp³-hybridized carbons (Fsp3) is 0.267. The van der Waals surface area contributed by atoms with Gasteiger partial charge >= 0.3 is 5.97 Å². The first kappa shape index (κ1) is 12.6. The van der Waals surface area contributed by atoms with E-state index in [9.17, 15) is 14.3 Å². The van der Waals surface area contributed by atoms with Crippen LogP contribution < -0.4 is 0 Å². The van der Waals surface area contributed by atoms with Crippen LogP contribution in [-0.4, -0.2) is 16.7 Å². The van der Waals surface area contributed by atoms with Gasteiger partial charge in [-0.1, -0.05) is 43.3 Å². The SMILES string of the molecule is CCC1(F)C=CC(c2ccccc2)C(C(=O)O)=C1. The van der Waals surface area contributed by atoms with E-state index in [0.29, 0.717) is 0 Å². The number of carbonyl (C=O) groups is 1. The molecule has 18 heavy (non-hydrogen) atoms. The molecule has 0 aromatic heterocycles. The van der Waals surface area contributed by atoms with Gasteiger partial charge in [-0.2, -0.15) is 0 Å². The van der Waals surface area contributed by atoms with Crippen molar-refractivity contribution in [1.82, 2.24) is 0 Å². The van der Waals surface area contributed by atoms with Crippen LogP contribution in [0.15, 0.2) is 54.1 Å². The largest absolute Gasteiger partial charge is 0.478 e. The van der Waals surface area contributed by atoms with E-state index in [1.807, 2.05) is 30.3 Å². The number of rotatable bonds is 3. The predicted molar refractivity (Wildman–Crippen MR) is 68.2 cm³/mol. The van der Waals surface area contributed by atoms with Gasteiger partial charge in [-0.05, 0) is 24.1 Å². The van der Waals surface area contributed by atoms with E-state index < -0.39 is 11.6 Å². The van der Waals surface area contributed by atoms with Crippen LogP contribution in [0.1, 0.15) is 24.8 Å². The lowest BCUT2D eigenvalue weighted by Crippen LogP contribution is -2.24. The number of hydrogen-bond acceptors (Lipinski definition) is 1. The molecule has 0 bridgehead atoms. The Kier molecular flexibility index (Phi) is 3.32. The highest BCUT2D eigenvalue weighted by Crippen LogP contribution is 2.36. The Morgan fingerprint density at radius 2 is 2.06 bits per heavy atom. The minimum absolute atomic E-state index is 0.105. The van der Waals surface area contributed by atoms with Gasteiger partial charge in [0.25, 0.3) is 0 Å². The Hall–Kier alpha value is -1.90. The Balaban J connectivity index is 2.42. The lowest BCUT2D eigenvalue weighted by atomic mass is 9.82. The molecule has 2 atom stereocenters. The molecule has 0 heterocycles. The Bertz CT molecular complexity index is 504. The highest BCUT2D eigenvalue weighted by molar-refractivity contribution is 5.90. The molecule has 0 spiro atoms. The number of alkyl halides is 1. The number of carboxylic acid groups (broad SMARTS) is 1. The number of allylic oxidation sites excluding steroid dienone is 3. The van der Waals surface area contributed by atoms with Crippen LogP contribution in [-0.2, 0) is 4.79 Å². The summed E-state index contributed by atoms with van der Waals surface area (Å²) in [7, 11) is 0. The molecule has 2 rings (SSSR count). The second-order valence-corrected chi connectivity index (χ2v) is 4.43. The summed E-state index contributed by atoms with van der Waals surface area (Å²) < 4.78 is 14.2. The van der Waals surface area contributed by atoms with Crippen LogP contribution in [0.25, 0.3) is 0 Å². The van der Waals surface area contributed by atoms with E-state index in [-0.39, 0.29) is 17.9 Å². The topological polar surface area (TPSA) is 37.3 Å². The molecule has 2 nitrogen and oxygen atoms in total. The van der Waals surface area contributed by atoms with Gasteiger partial charge in [0.05, 0.1) is 0 Å². The second-order valence-electron chi connectivity index (χ2n) is 4.43. The summed E-state index contributed by atoms with van der Waals surface area (Å²) >= 11 is 0. The quantitative estimate of drug-likeness (QED) is 0.829. The minimum atomic E-state index is -1.64. The monoisotopic (exact) mass is 246 g/mol. The predicted octanol–water partition coefficient (Wildman–Crippen LogP) is 3.47. The van der Waals surface area contributed by atoms with Crippen LogP contribution in [0.3, 0.4) is 0 Å². The van der Waals surface area contributed by atoms with Crippen molar-refractivity contribution in [2.24, 2.45) is 0 Å². The molecule has 1 aromatic rings. The zero-order chi connectivity index (χ0) is 13.2. The number of hydrogen-bond donors (Lipinski definition) is 1. The first-order valence-electron chi connectivity index (χ1n) is 5.95. The second kappa shape index (κ2) is 4.77. The summed E-state index contributed by atoms with van der Waals surface area (Å²) in [6.07, 6.45) is 4.56. The first-order valence-corrected chi connectivity index (χ1v) is 5.95. The molecule has 1 aliphatic carbocycles. The summed E-state index contributed by atoms with van der Waals surface area (Å²) in [5.41, 5.74) is -0.674. The molecule has 1 aliphatic rings. The Labute approximate surface area is 105 Å². The molecule has 2 unspecified atom stereocenters. The lowest BCUT2D eigenvalue weighted by molar-refractivity contribution is -0.133. The van der Waals surface area contributed by atoms with Crippen molar-refractivity contribution in [3.8, 4) is 0 Å². The van der Waals surface area contributed by atoms with Crippen LogP contribution in [0, 0.1) is 0 Å². The van der Waals surface area contributed by atoms with Crippen molar-refractivity contribution in [3.63, 3.8) is 0 Å². The van der Waals surface area contributed by atoms with Crippen molar-refractivity contribution in [2.75, 3.05) is 0 Å². The zero-order valence-corrected chi connectivity index (χ0v) is 10.1. The molecule has 0 saturated heterocycles. The molecule has 3 heteroatoms. The minimum Gasteiger partial charge on any atom is -0.478 e. The van der Waals surface area contributed by atoms with E-state index >= 15 is 0 Å². The van der Waals surface area contributed by atoms with Gasteiger partial charge in [0.1, 0.15) is 5.67 Å². The van der Waals surface area contributed by atoms with Gasteiger partial charge in [-0.15, -0.1) is 0 Å². The fourth-order valence-corrected chi connectivity index (χ4v) is 2.12. The Morgan fingerprint density at radius 3 is 2.61 bits per heavy atom. The van der Waals surface area contributed by atoms with E-state index in [2.05, 4.69) is 0 Å². The third kappa shape index (κ3) is 2.35. The summed E-state index contributed by atoms with van der Waals surface area (Å²) in [6, 6.07) is 9.26. The molecule has 0 fully saturated rings. The fourth-order valence-electron chi connectivity index (χ4n) is 2.12. The van der Waals surface area contributed by atoms with Gasteiger partial charge in [-0.3, -0.25) is 0 Å². The van der Waals surface area contributed by atoms with Crippen LogP contribution in [0.4, 0.5) is 4.39 Å². The molecule has 0 saturated carbocycles. The maximum Gasteiger partial charge on any atom is 0.332 e. The van der Waals surface area contributed by atoms with E-state index in [1.165, 1.54) is 12.2 Å².